The van der Waals surface area contributed by atoms with Gasteiger partial charge in [-0.15, -0.1) is 11.3 Å². The van der Waals surface area contributed by atoms with Crippen LogP contribution in [0.1, 0.15) is 23.0 Å². The molecule has 21 heavy (non-hydrogen) atoms. The number of aromatic carboxylic acids is 1. The number of carbonyl (C=O) groups excluding carboxylic acids is 1. The maximum atomic E-state index is 10.7. The Kier molecular flexibility index (Phi) is 5.44. The van der Waals surface area contributed by atoms with Gasteiger partial charge in [0.15, 0.2) is 0 Å². The summed E-state index contributed by atoms with van der Waals surface area (Å²) in [6.45, 7) is 4.84. The Labute approximate surface area is 127 Å². The van der Waals surface area contributed by atoms with E-state index in [9.17, 15) is 9.90 Å². The molecular formula is C15H18N2O3S. The lowest BCUT2D eigenvalue weighted by molar-refractivity contribution is -0.912. The van der Waals surface area contributed by atoms with Crippen LogP contribution in [-0.2, 0) is 6.54 Å². The summed E-state index contributed by atoms with van der Waals surface area (Å²) >= 11 is 1.29. The number of benzene rings is 1. The molecule has 0 radical (unpaired) electrons. The fourth-order valence-corrected chi connectivity index (χ4v) is 2.90. The van der Waals surface area contributed by atoms with E-state index in [1.807, 2.05) is 24.3 Å². The lowest BCUT2D eigenvalue weighted by Crippen LogP contribution is -3.10. The zero-order valence-electron chi connectivity index (χ0n) is 11.8. The molecule has 5 nitrogen and oxygen atoms in total. The first-order chi connectivity index (χ1) is 10.1. The minimum absolute atomic E-state index is 0.0244. The van der Waals surface area contributed by atoms with Crippen molar-refractivity contribution in [3.63, 3.8) is 0 Å². The van der Waals surface area contributed by atoms with E-state index >= 15 is 0 Å². The highest BCUT2D eigenvalue weighted by Gasteiger charge is 2.08. The monoisotopic (exact) mass is 306 g/mol. The van der Waals surface area contributed by atoms with Gasteiger partial charge in [-0.25, -0.2) is 4.98 Å². The number of hydrogen-bond acceptors (Lipinski definition) is 5. The van der Waals surface area contributed by atoms with Crippen LogP contribution in [0.3, 0.4) is 0 Å². The summed E-state index contributed by atoms with van der Waals surface area (Å²) in [7, 11) is 0. The highest BCUT2D eigenvalue weighted by atomic mass is 32.1. The van der Waals surface area contributed by atoms with Crippen LogP contribution in [0.2, 0.25) is 0 Å². The molecule has 0 saturated heterocycles. The van der Waals surface area contributed by atoms with E-state index < -0.39 is 5.97 Å². The molecule has 6 heteroatoms. The van der Waals surface area contributed by atoms with Crippen molar-refractivity contribution in [3.05, 3.63) is 40.9 Å². The molecule has 1 atom stereocenters. The van der Waals surface area contributed by atoms with E-state index in [1.165, 1.54) is 27.2 Å². The second-order valence-corrected chi connectivity index (χ2v) is 5.63. The summed E-state index contributed by atoms with van der Waals surface area (Å²) in [5.41, 5.74) is 2.06. The Bertz CT molecular complexity index is 595. The number of nitrogens with one attached hydrogen (secondary N) is 1. The summed E-state index contributed by atoms with van der Waals surface area (Å²) in [5, 5.41) is 21.9. The largest absolute Gasteiger partial charge is 0.543 e. The summed E-state index contributed by atoms with van der Waals surface area (Å²) in [6.07, 6.45) is 0. The van der Waals surface area contributed by atoms with Gasteiger partial charge in [-0.1, -0.05) is 24.3 Å². The number of thiazole rings is 1. The molecule has 0 aliphatic rings. The van der Waals surface area contributed by atoms with Crippen molar-refractivity contribution in [2.45, 2.75) is 13.5 Å². The molecule has 2 aromatic rings. The summed E-state index contributed by atoms with van der Waals surface area (Å²) in [6, 6.07) is 7.92. The number of carboxylic acids is 1. The third-order valence-corrected chi connectivity index (χ3v) is 4.23. The van der Waals surface area contributed by atoms with Crippen LogP contribution < -0.4 is 10.0 Å². The topological polar surface area (TPSA) is 77.7 Å². The Morgan fingerprint density at radius 2 is 2.10 bits per heavy atom. The molecule has 1 aromatic carbocycles. The van der Waals surface area contributed by atoms with Gasteiger partial charge >= 0.3 is 0 Å². The van der Waals surface area contributed by atoms with Crippen LogP contribution in [0.4, 0.5) is 0 Å². The number of aromatic nitrogens is 1. The van der Waals surface area contributed by atoms with Crippen LogP contribution >= 0.6 is 11.3 Å². The lowest BCUT2D eigenvalue weighted by Gasteiger charge is -2.16. The van der Waals surface area contributed by atoms with E-state index in [1.54, 1.807) is 0 Å². The standard InChI is InChI=1S/C15H18N2O3S/c1-2-17(7-8-18)9-11-3-5-12(6-4-11)14-16-13(10-21-14)15(19)20/h3-6,10,18H,2,7-9H2,1H3,(H,19,20). The Hall–Kier alpha value is -1.76. The first-order valence-electron chi connectivity index (χ1n) is 6.84. The second-order valence-electron chi connectivity index (χ2n) is 4.78. The fourth-order valence-electron chi connectivity index (χ4n) is 2.10. The molecule has 0 aliphatic heterocycles. The van der Waals surface area contributed by atoms with E-state index in [4.69, 9.17) is 5.11 Å². The van der Waals surface area contributed by atoms with Crippen LogP contribution in [0, 0.1) is 0 Å². The molecule has 112 valence electrons. The van der Waals surface area contributed by atoms with Crippen molar-refractivity contribution < 1.29 is 19.9 Å². The SMILES string of the molecule is CC[NH+](CCO)Cc1ccc(-c2nc(C(=O)[O-])cs2)cc1. The predicted molar refractivity (Wildman–Crippen MR) is 79.0 cm³/mol. The number of likely N-dealkylation sites (N-methyl/N-ethyl adjacent to an activating group) is 1. The Morgan fingerprint density at radius 1 is 1.38 bits per heavy atom. The number of aliphatic hydroxyl groups excluding tert-OH is 1. The summed E-state index contributed by atoms with van der Waals surface area (Å²) in [4.78, 5) is 16.1. The number of hydrogen-bond donors (Lipinski definition) is 2. The average molecular weight is 306 g/mol. The Morgan fingerprint density at radius 3 is 2.62 bits per heavy atom. The molecule has 0 saturated carbocycles. The van der Waals surface area contributed by atoms with E-state index in [2.05, 4.69) is 11.9 Å². The van der Waals surface area contributed by atoms with Gasteiger partial charge in [-0.05, 0) is 6.92 Å². The highest BCUT2D eigenvalue weighted by molar-refractivity contribution is 7.13. The molecule has 0 bridgehead atoms. The zero-order chi connectivity index (χ0) is 15.2. The third-order valence-electron chi connectivity index (χ3n) is 3.33. The van der Waals surface area contributed by atoms with Crippen molar-refractivity contribution >= 4 is 17.3 Å². The van der Waals surface area contributed by atoms with Crippen molar-refractivity contribution in [1.29, 1.82) is 0 Å². The van der Waals surface area contributed by atoms with Gasteiger partial charge in [-0.2, -0.15) is 0 Å². The average Bonchev–Trinajstić information content (AvgIpc) is 2.97. The van der Waals surface area contributed by atoms with Gasteiger partial charge < -0.3 is 19.9 Å². The number of aliphatic hydroxyl groups is 1. The van der Waals surface area contributed by atoms with Gasteiger partial charge in [0.1, 0.15) is 18.1 Å². The fraction of sp³-hybridized carbons (Fsp3) is 0.333. The maximum Gasteiger partial charge on any atom is 0.124 e. The van der Waals surface area contributed by atoms with E-state index in [0.29, 0.717) is 5.01 Å². The van der Waals surface area contributed by atoms with Crippen molar-refractivity contribution in [1.82, 2.24) is 4.98 Å². The molecule has 1 aromatic heterocycles. The molecule has 0 spiro atoms. The molecular weight excluding hydrogens is 288 g/mol. The number of nitrogens with zero attached hydrogens (tertiary/aromatic N) is 1. The van der Waals surface area contributed by atoms with Crippen molar-refractivity contribution in [2.75, 3.05) is 19.7 Å². The predicted octanol–water partition coefficient (Wildman–Crippen LogP) is -0.429. The van der Waals surface area contributed by atoms with Crippen LogP contribution in [0.25, 0.3) is 10.6 Å². The molecule has 0 aliphatic carbocycles. The normalized spacial score (nSPS) is 12.3. The molecule has 1 unspecified atom stereocenters. The summed E-state index contributed by atoms with van der Waals surface area (Å²) in [5.74, 6) is -1.25. The minimum Gasteiger partial charge on any atom is -0.543 e. The quantitative estimate of drug-likeness (QED) is 0.728. The number of quaternary nitrogens is 1. The lowest BCUT2D eigenvalue weighted by atomic mass is 10.1. The minimum atomic E-state index is -1.25. The van der Waals surface area contributed by atoms with Crippen LogP contribution in [0.15, 0.2) is 29.6 Å². The molecule has 1 heterocycles. The van der Waals surface area contributed by atoms with Gasteiger partial charge in [-0.3, -0.25) is 0 Å². The smallest absolute Gasteiger partial charge is 0.124 e. The number of rotatable bonds is 7. The molecule has 2 N–H and O–H groups in total. The van der Waals surface area contributed by atoms with Crippen LogP contribution in [-0.4, -0.2) is 35.8 Å². The van der Waals surface area contributed by atoms with Gasteiger partial charge in [0.25, 0.3) is 0 Å². The van der Waals surface area contributed by atoms with Gasteiger partial charge in [0.2, 0.25) is 0 Å². The first kappa shape index (κ1) is 15.6. The number of carbonyl (C=O) groups is 1. The van der Waals surface area contributed by atoms with Crippen molar-refractivity contribution in [2.24, 2.45) is 0 Å². The second kappa shape index (κ2) is 7.31. The highest BCUT2D eigenvalue weighted by Crippen LogP contribution is 2.23. The van der Waals surface area contributed by atoms with E-state index in [0.717, 1.165) is 25.2 Å². The van der Waals surface area contributed by atoms with Gasteiger partial charge in [0, 0.05) is 16.5 Å². The molecule has 0 fully saturated rings. The Balaban J connectivity index is 2.09. The summed E-state index contributed by atoms with van der Waals surface area (Å²) < 4.78 is 0. The third kappa shape index (κ3) is 4.10. The molecule has 0 amide bonds. The van der Waals surface area contributed by atoms with E-state index in [-0.39, 0.29) is 12.3 Å². The first-order valence-corrected chi connectivity index (χ1v) is 7.72. The van der Waals surface area contributed by atoms with Crippen LogP contribution in [0.5, 0.6) is 0 Å². The molecule has 2 rings (SSSR count). The number of carboxylic acid groups (broad SMARTS) is 1. The maximum absolute atomic E-state index is 10.7. The van der Waals surface area contributed by atoms with Crippen molar-refractivity contribution in [3.8, 4) is 10.6 Å². The zero-order valence-corrected chi connectivity index (χ0v) is 12.7. The van der Waals surface area contributed by atoms with Gasteiger partial charge in [0.05, 0.1) is 24.8 Å².